The molecule has 9 rings (SSSR count). The van der Waals surface area contributed by atoms with E-state index < -0.39 is 35.4 Å². The Bertz CT molecular complexity index is 2370. The van der Waals surface area contributed by atoms with Crippen LogP contribution in [0.4, 0.5) is 0 Å². The highest BCUT2D eigenvalue weighted by Crippen LogP contribution is 2.51. The molecule has 4 aliphatic rings. The fraction of sp³-hybridized carbons (Fsp3) is 0.392. The number of aliphatic hydroxyl groups is 1. The molecule has 4 heterocycles. The first kappa shape index (κ1) is 40.3. The lowest BCUT2D eigenvalue weighted by Gasteiger charge is -2.49. The minimum atomic E-state index is -1.13. The predicted octanol–water partition coefficient (Wildman–Crippen LogP) is 9.75. The third kappa shape index (κ3) is 9.08. The molecule has 1 saturated carbocycles. The highest BCUT2D eigenvalue weighted by Gasteiger charge is 2.56. The molecule has 0 radical (unpaired) electrons. The van der Waals surface area contributed by atoms with E-state index in [2.05, 4.69) is 72.8 Å². The quantitative estimate of drug-likeness (QED) is 0.0985. The van der Waals surface area contributed by atoms with Crippen molar-refractivity contribution in [1.82, 2.24) is 0 Å². The molecule has 1 N–H and O–H groups in total. The number of aliphatic hydroxyl groups excluding tert-OH is 1. The second-order valence-electron chi connectivity index (χ2n) is 17.0. The van der Waals surface area contributed by atoms with Crippen LogP contribution in [0.5, 0.6) is 5.75 Å². The van der Waals surface area contributed by atoms with Gasteiger partial charge >= 0.3 is 17.6 Å². The first-order valence-corrected chi connectivity index (χ1v) is 21.3. The van der Waals surface area contributed by atoms with E-state index in [0.29, 0.717) is 47.1 Å². The normalized spacial score (nSPS) is 23.7. The summed E-state index contributed by atoms with van der Waals surface area (Å²) in [6.45, 7) is 3.40. The maximum absolute atomic E-state index is 14.6. The zero-order valence-corrected chi connectivity index (χ0v) is 34.1. The van der Waals surface area contributed by atoms with E-state index in [-0.39, 0.29) is 30.4 Å². The highest BCUT2D eigenvalue weighted by molar-refractivity contribution is 5.90. The number of rotatable bonds is 7. The molecule has 4 atom stereocenters. The molecular weight excluding hydrogens is 741 g/mol. The number of carbonyl (C=O) groups excluding carboxylic acids is 2. The Labute approximate surface area is 346 Å². The maximum atomic E-state index is 14.6. The first-order valence-electron chi connectivity index (χ1n) is 21.3. The Morgan fingerprint density at radius 2 is 1.49 bits per heavy atom. The Morgan fingerprint density at radius 1 is 0.763 bits per heavy atom. The van der Waals surface area contributed by atoms with Crippen molar-refractivity contribution in [3.8, 4) is 5.75 Å². The predicted molar refractivity (Wildman–Crippen MR) is 227 cm³/mol. The number of fused-ring (bicyclic) bond motifs is 13. The summed E-state index contributed by atoms with van der Waals surface area (Å²) in [6, 6.07) is 34.2. The van der Waals surface area contributed by atoms with Gasteiger partial charge in [-0.3, -0.25) is 4.79 Å². The van der Waals surface area contributed by atoms with Gasteiger partial charge < -0.3 is 23.7 Å². The van der Waals surface area contributed by atoms with Crippen molar-refractivity contribution in [2.24, 2.45) is 11.8 Å². The molecule has 0 amide bonds. The van der Waals surface area contributed by atoms with Crippen molar-refractivity contribution in [1.29, 1.82) is 0 Å². The van der Waals surface area contributed by atoms with Crippen LogP contribution >= 0.6 is 0 Å². The summed E-state index contributed by atoms with van der Waals surface area (Å²) >= 11 is 0. The molecule has 0 saturated heterocycles. The van der Waals surface area contributed by atoms with Crippen molar-refractivity contribution in [3.05, 3.63) is 158 Å². The van der Waals surface area contributed by atoms with Crippen LogP contribution in [-0.2, 0) is 44.7 Å². The molecule has 8 nitrogen and oxygen atoms in total. The van der Waals surface area contributed by atoms with Crippen molar-refractivity contribution in [2.45, 2.75) is 109 Å². The molecule has 1 aromatic heterocycles. The van der Waals surface area contributed by atoms with Crippen LogP contribution in [0.15, 0.2) is 123 Å². The number of aryl methyl sites for hydroxylation is 2. The van der Waals surface area contributed by atoms with Crippen molar-refractivity contribution in [3.63, 3.8) is 0 Å². The average molecular weight is 795 g/mol. The highest BCUT2D eigenvalue weighted by atomic mass is 16.6. The van der Waals surface area contributed by atoms with Crippen LogP contribution in [0, 0.1) is 11.8 Å². The van der Waals surface area contributed by atoms with Gasteiger partial charge in [0.05, 0.1) is 12.2 Å². The van der Waals surface area contributed by atoms with Crippen LogP contribution in [0.1, 0.15) is 105 Å². The summed E-state index contributed by atoms with van der Waals surface area (Å²) in [6.07, 6.45) is 6.70. The van der Waals surface area contributed by atoms with Crippen LogP contribution in [0.25, 0.3) is 11.0 Å². The summed E-state index contributed by atoms with van der Waals surface area (Å²) in [5, 5.41) is 10.9. The maximum Gasteiger partial charge on any atom is 0.336 e. The molecule has 3 aliphatic heterocycles. The molecule has 5 aromatic rings. The molecule has 2 bridgehead atoms. The van der Waals surface area contributed by atoms with E-state index in [9.17, 15) is 19.5 Å². The summed E-state index contributed by atoms with van der Waals surface area (Å²) in [7, 11) is 0. The fourth-order valence-corrected chi connectivity index (χ4v) is 9.55. The number of esters is 2. The summed E-state index contributed by atoms with van der Waals surface area (Å²) < 4.78 is 26.1. The lowest BCUT2D eigenvalue weighted by molar-refractivity contribution is -0.201. The van der Waals surface area contributed by atoms with E-state index in [0.717, 1.165) is 62.5 Å². The minimum Gasteiger partial charge on any atom is -0.483 e. The van der Waals surface area contributed by atoms with Crippen LogP contribution in [0.2, 0.25) is 0 Å². The number of benzene rings is 4. The van der Waals surface area contributed by atoms with Gasteiger partial charge in [-0.05, 0) is 123 Å². The molecule has 1 fully saturated rings. The van der Waals surface area contributed by atoms with Crippen LogP contribution < -0.4 is 10.4 Å². The molecular formula is C51H54O8. The number of hydrogen-bond acceptors (Lipinski definition) is 8. The standard InChI is InChI=1S/C51H54O8/c1-33(32-52)42-25-22-34-16-18-37(19-17-34)30-39(21-20-36-12-9-13-38(29-36)28-35-10-5-3-6-11-35)31-45(54)57-48-46-43(26-23-40-24-27-44(53)56-47(40)46)59-51(2,49(48)58-50(42)55)41-14-7-4-8-15-41/h3,5-6,9-13,16-19,23-24,26-27,29,39,41,48-49,52H,4,7-8,14-15,20-22,25,28,30-32H2,1-2H3/t39-,48+,49+,51+/m1/s1. The smallest absolute Gasteiger partial charge is 0.336 e. The summed E-state index contributed by atoms with van der Waals surface area (Å²) in [5.41, 5.74) is 5.77. The van der Waals surface area contributed by atoms with Gasteiger partial charge in [0, 0.05) is 29.4 Å². The molecule has 59 heavy (non-hydrogen) atoms. The summed E-state index contributed by atoms with van der Waals surface area (Å²) in [4.78, 5) is 41.9. The second-order valence-corrected chi connectivity index (χ2v) is 17.0. The van der Waals surface area contributed by atoms with Crippen molar-refractivity contribution in [2.75, 3.05) is 6.61 Å². The average Bonchev–Trinajstić information content (AvgIpc) is 3.24. The van der Waals surface area contributed by atoms with Crippen LogP contribution in [-0.4, -0.2) is 35.4 Å². The van der Waals surface area contributed by atoms with Crippen molar-refractivity contribution >= 4 is 22.9 Å². The van der Waals surface area contributed by atoms with E-state index in [1.807, 2.05) is 25.1 Å². The van der Waals surface area contributed by atoms with E-state index in [1.54, 1.807) is 13.0 Å². The molecule has 8 heteroatoms. The molecule has 306 valence electrons. The van der Waals surface area contributed by atoms with Gasteiger partial charge in [-0.15, -0.1) is 0 Å². The minimum absolute atomic E-state index is 0.0118. The molecule has 0 unspecified atom stereocenters. The van der Waals surface area contributed by atoms with Gasteiger partial charge in [-0.1, -0.05) is 98.1 Å². The largest absolute Gasteiger partial charge is 0.483 e. The number of ether oxygens (including phenoxy) is 3. The third-order valence-electron chi connectivity index (χ3n) is 12.9. The Kier molecular flexibility index (Phi) is 12.2. The van der Waals surface area contributed by atoms with Gasteiger partial charge in [0.15, 0.2) is 12.2 Å². The van der Waals surface area contributed by atoms with Gasteiger partial charge in [-0.25, -0.2) is 9.59 Å². The monoisotopic (exact) mass is 794 g/mol. The number of hydrogen-bond donors (Lipinski definition) is 1. The molecule has 0 spiro atoms. The lowest BCUT2D eigenvalue weighted by atomic mass is 9.71. The number of carbonyl (C=O) groups is 2. The zero-order chi connectivity index (χ0) is 40.9. The SMILES string of the molecule is CC(CO)=C1CCc2ccc(cc2)C[C@@H](CCc2cccc(Cc3ccccc3)c2)CC(=O)O[C@H]2c3c(ccc4ccc(=O)oc34)O[C@@](C)(C3CCCCC3)[C@H]2OC1=O. The van der Waals surface area contributed by atoms with Crippen molar-refractivity contribution < 1.29 is 33.3 Å². The Morgan fingerprint density at radius 3 is 2.27 bits per heavy atom. The second kappa shape index (κ2) is 17.8. The topological polar surface area (TPSA) is 112 Å². The zero-order valence-electron chi connectivity index (χ0n) is 34.1. The molecule has 1 aliphatic carbocycles. The van der Waals surface area contributed by atoms with Gasteiger partial charge in [0.1, 0.15) is 16.9 Å². The van der Waals surface area contributed by atoms with E-state index >= 15 is 0 Å². The molecule has 4 aromatic carbocycles. The third-order valence-corrected chi connectivity index (χ3v) is 12.9. The van der Waals surface area contributed by atoms with E-state index in [4.69, 9.17) is 18.6 Å². The summed E-state index contributed by atoms with van der Waals surface area (Å²) in [5.74, 6) is -0.653. The fourth-order valence-electron chi connectivity index (χ4n) is 9.55. The Hall–Kier alpha value is -5.47. The van der Waals surface area contributed by atoms with Gasteiger partial charge in [0.25, 0.3) is 0 Å². The van der Waals surface area contributed by atoms with Crippen LogP contribution in [0.3, 0.4) is 0 Å². The lowest BCUT2D eigenvalue weighted by Crippen LogP contribution is -2.58. The van der Waals surface area contributed by atoms with Gasteiger partial charge in [0.2, 0.25) is 0 Å². The first-order chi connectivity index (χ1) is 28.7. The Balaban J connectivity index is 1.18. The van der Waals surface area contributed by atoms with E-state index in [1.165, 1.54) is 22.8 Å². The van der Waals surface area contributed by atoms with Gasteiger partial charge in [-0.2, -0.15) is 0 Å².